The average Bonchev–Trinajstić information content (AvgIpc) is 3.22. The lowest BCUT2D eigenvalue weighted by Crippen LogP contribution is -2.17. The monoisotopic (exact) mass is 421 g/mol. The summed E-state index contributed by atoms with van der Waals surface area (Å²) in [6.45, 7) is 3.99. The quantitative estimate of drug-likeness (QED) is 0.676. The Morgan fingerprint density at radius 1 is 1.14 bits per heavy atom. The topological polar surface area (TPSA) is 73.2 Å². The summed E-state index contributed by atoms with van der Waals surface area (Å²) in [5.41, 5.74) is 1.75. The zero-order valence-corrected chi connectivity index (χ0v) is 17.6. The number of halogens is 2. The van der Waals surface area contributed by atoms with Gasteiger partial charge in [0, 0.05) is 32.5 Å². The van der Waals surface area contributed by atoms with Crippen LogP contribution in [-0.4, -0.2) is 43.5 Å². The van der Waals surface area contributed by atoms with E-state index in [0.717, 1.165) is 10.6 Å². The number of hydrogen-bond acceptors (Lipinski definition) is 4. The molecule has 0 radical (unpaired) electrons. The standard InChI is InChI=1S/C11H10FN3O.C7H7Cl.C2H6O.CH2O/c1-13-11(16)9-6-15(7-14-9)10-5-3-2-4-8(10)12;1-6-4-2-3-5-7(6)8;1-3-2;1-2/h2-7H,1H3,(H,13,16);2-5H,1H3;1-2H3;1H2. The minimum absolute atomic E-state index is 0.255. The number of aromatic nitrogens is 2. The van der Waals surface area contributed by atoms with E-state index in [1.165, 1.54) is 30.2 Å². The van der Waals surface area contributed by atoms with Crippen molar-refractivity contribution in [3.8, 4) is 5.69 Å². The van der Waals surface area contributed by atoms with Crippen LogP contribution in [0.1, 0.15) is 16.1 Å². The molecule has 6 nitrogen and oxygen atoms in total. The van der Waals surface area contributed by atoms with Crippen molar-refractivity contribution in [3.63, 3.8) is 0 Å². The molecule has 0 saturated carbocycles. The summed E-state index contributed by atoms with van der Waals surface area (Å²) in [6.07, 6.45) is 2.89. The molecule has 1 N–H and O–H groups in total. The van der Waals surface area contributed by atoms with Gasteiger partial charge in [-0.05, 0) is 30.7 Å². The van der Waals surface area contributed by atoms with Crippen LogP contribution in [0.25, 0.3) is 5.69 Å². The fourth-order valence-electron chi connectivity index (χ4n) is 1.91. The van der Waals surface area contributed by atoms with Crippen LogP contribution in [0.4, 0.5) is 4.39 Å². The molecule has 8 heteroatoms. The maximum atomic E-state index is 13.4. The van der Waals surface area contributed by atoms with Gasteiger partial charge in [0.15, 0.2) is 0 Å². The highest BCUT2D eigenvalue weighted by Gasteiger charge is 2.09. The number of para-hydroxylation sites is 1. The van der Waals surface area contributed by atoms with Gasteiger partial charge in [0.25, 0.3) is 5.91 Å². The Kier molecular flexibility index (Phi) is 13.4. The van der Waals surface area contributed by atoms with Gasteiger partial charge in [-0.15, -0.1) is 0 Å². The lowest BCUT2D eigenvalue weighted by Gasteiger charge is -2.01. The van der Waals surface area contributed by atoms with Gasteiger partial charge >= 0.3 is 0 Å². The Morgan fingerprint density at radius 2 is 1.69 bits per heavy atom. The first-order chi connectivity index (χ1) is 13.9. The van der Waals surface area contributed by atoms with Gasteiger partial charge in [0.05, 0.1) is 5.69 Å². The Labute approximate surface area is 175 Å². The van der Waals surface area contributed by atoms with Gasteiger partial charge in [-0.25, -0.2) is 9.37 Å². The third-order valence-corrected chi connectivity index (χ3v) is 3.67. The van der Waals surface area contributed by atoms with Crippen molar-refractivity contribution in [1.82, 2.24) is 14.9 Å². The molecule has 156 valence electrons. The van der Waals surface area contributed by atoms with E-state index in [4.69, 9.17) is 16.4 Å². The minimum atomic E-state index is -0.358. The largest absolute Gasteiger partial charge is 0.388 e. The maximum Gasteiger partial charge on any atom is 0.271 e. The van der Waals surface area contributed by atoms with Crippen molar-refractivity contribution in [2.24, 2.45) is 0 Å². The second kappa shape index (κ2) is 15.0. The number of benzene rings is 2. The molecule has 0 aliphatic heterocycles. The number of amides is 1. The highest BCUT2D eigenvalue weighted by Crippen LogP contribution is 2.13. The summed E-state index contributed by atoms with van der Waals surface area (Å²) in [5.74, 6) is -0.654. The predicted molar refractivity (Wildman–Crippen MR) is 113 cm³/mol. The summed E-state index contributed by atoms with van der Waals surface area (Å²) >= 11 is 5.71. The van der Waals surface area contributed by atoms with Gasteiger partial charge < -0.3 is 19.4 Å². The molecule has 0 fully saturated rings. The molecule has 1 aromatic heterocycles. The Balaban J connectivity index is 0.000000505. The molecule has 0 aliphatic rings. The average molecular weight is 422 g/mol. The molecule has 1 amide bonds. The van der Waals surface area contributed by atoms with Gasteiger partial charge in [-0.1, -0.05) is 41.9 Å². The zero-order valence-electron chi connectivity index (χ0n) is 16.9. The van der Waals surface area contributed by atoms with Crippen LogP contribution in [0.15, 0.2) is 61.1 Å². The van der Waals surface area contributed by atoms with Crippen molar-refractivity contribution in [2.75, 3.05) is 21.3 Å². The molecule has 3 aromatic rings. The van der Waals surface area contributed by atoms with E-state index in [0.29, 0.717) is 5.69 Å². The van der Waals surface area contributed by atoms with Gasteiger partial charge in [-0.3, -0.25) is 4.79 Å². The summed E-state index contributed by atoms with van der Waals surface area (Å²) in [5, 5.41) is 3.29. The predicted octanol–water partition coefficient (Wildman–Crippen LogP) is 4.10. The lowest BCUT2D eigenvalue weighted by atomic mass is 10.2. The van der Waals surface area contributed by atoms with Crippen molar-refractivity contribution in [3.05, 3.63) is 83.2 Å². The minimum Gasteiger partial charge on any atom is -0.388 e. The Bertz CT molecular complexity index is 851. The molecule has 0 atom stereocenters. The number of methoxy groups -OCH3 is 1. The summed E-state index contributed by atoms with van der Waals surface area (Å²) in [4.78, 5) is 23.2. The first-order valence-electron chi connectivity index (χ1n) is 8.35. The van der Waals surface area contributed by atoms with Crippen LogP contribution in [-0.2, 0) is 9.53 Å². The molecule has 0 spiro atoms. The molecule has 0 unspecified atom stereocenters. The third kappa shape index (κ3) is 9.14. The third-order valence-electron chi connectivity index (χ3n) is 3.25. The van der Waals surface area contributed by atoms with Crippen LogP contribution in [0, 0.1) is 12.7 Å². The molecular formula is C21H25ClFN3O3. The molecule has 3 rings (SSSR count). The number of nitrogens with one attached hydrogen (secondary N) is 1. The summed E-state index contributed by atoms with van der Waals surface area (Å²) in [6, 6.07) is 14.1. The second-order valence-electron chi connectivity index (χ2n) is 5.35. The van der Waals surface area contributed by atoms with E-state index in [9.17, 15) is 9.18 Å². The van der Waals surface area contributed by atoms with Gasteiger partial charge in [0.1, 0.15) is 24.6 Å². The first-order valence-corrected chi connectivity index (χ1v) is 8.73. The molecule has 2 aromatic carbocycles. The number of nitrogens with zero attached hydrogens (tertiary/aromatic N) is 2. The fourth-order valence-corrected chi connectivity index (χ4v) is 2.05. The van der Waals surface area contributed by atoms with Gasteiger partial charge in [0.2, 0.25) is 0 Å². The molecule has 0 saturated heterocycles. The van der Waals surface area contributed by atoms with Crippen LogP contribution < -0.4 is 5.32 Å². The zero-order chi connectivity index (χ0) is 22.2. The van der Waals surface area contributed by atoms with Crippen molar-refractivity contribution in [1.29, 1.82) is 0 Å². The number of carbonyl (C=O) groups excluding carboxylic acids is 2. The smallest absolute Gasteiger partial charge is 0.271 e. The molecule has 0 aliphatic carbocycles. The van der Waals surface area contributed by atoms with E-state index in [2.05, 4.69) is 15.0 Å². The van der Waals surface area contributed by atoms with Crippen LogP contribution >= 0.6 is 11.6 Å². The van der Waals surface area contributed by atoms with Gasteiger partial charge in [-0.2, -0.15) is 0 Å². The normalized spacial score (nSPS) is 8.90. The van der Waals surface area contributed by atoms with E-state index >= 15 is 0 Å². The van der Waals surface area contributed by atoms with Crippen molar-refractivity contribution < 1.29 is 18.7 Å². The van der Waals surface area contributed by atoms with E-state index in [-0.39, 0.29) is 17.4 Å². The molecular weight excluding hydrogens is 397 g/mol. The van der Waals surface area contributed by atoms with Crippen molar-refractivity contribution in [2.45, 2.75) is 6.92 Å². The number of imidazole rings is 1. The summed E-state index contributed by atoms with van der Waals surface area (Å²) < 4.78 is 19.1. The number of hydrogen-bond donors (Lipinski definition) is 1. The Hall–Kier alpha value is -3.03. The number of ether oxygens (including phenoxy) is 1. The van der Waals surface area contributed by atoms with Crippen LogP contribution in [0.5, 0.6) is 0 Å². The number of carbonyl (C=O) groups is 2. The van der Waals surface area contributed by atoms with Crippen molar-refractivity contribution >= 4 is 24.3 Å². The lowest BCUT2D eigenvalue weighted by molar-refractivity contribution is -0.0980. The van der Waals surface area contributed by atoms with E-state index in [1.54, 1.807) is 32.4 Å². The summed E-state index contributed by atoms with van der Waals surface area (Å²) in [7, 11) is 4.77. The molecule has 29 heavy (non-hydrogen) atoms. The number of aryl methyl sites for hydroxylation is 1. The maximum absolute atomic E-state index is 13.4. The first kappa shape index (κ1) is 26.0. The Morgan fingerprint density at radius 3 is 2.17 bits per heavy atom. The SMILES string of the molecule is C=O.CNC(=O)c1cn(-c2ccccc2F)cn1.COC.Cc1ccccc1Cl. The molecule has 1 heterocycles. The van der Waals surface area contributed by atoms with Crippen LogP contribution in [0.2, 0.25) is 5.02 Å². The van der Waals surface area contributed by atoms with Crippen LogP contribution in [0.3, 0.4) is 0 Å². The highest BCUT2D eigenvalue weighted by atomic mass is 35.5. The highest BCUT2D eigenvalue weighted by molar-refractivity contribution is 6.31. The second-order valence-corrected chi connectivity index (χ2v) is 5.76. The van der Waals surface area contributed by atoms with E-state index in [1.807, 2.05) is 38.0 Å². The fraction of sp³-hybridized carbons (Fsp3) is 0.190. The van der Waals surface area contributed by atoms with E-state index < -0.39 is 0 Å². The number of rotatable bonds is 2. The molecule has 0 bridgehead atoms.